The van der Waals surface area contributed by atoms with Gasteiger partial charge in [0.15, 0.2) is 0 Å². The molecule has 0 saturated carbocycles. The zero-order valence-corrected chi connectivity index (χ0v) is 16.5. The number of carbonyl (C=O) groups is 1. The van der Waals surface area contributed by atoms with E-state index in [0.717, 1.165) is 0 Å². The number of amides is 1. The molecule has 0 unspecified atom stereocenters. The second-order valence-corrected chi connectivity index (χ2v) is 7.18. The van der Waals surface area contributed by atoms with Crippen LogP contribution in [-0.2, 0) is 4.79 Å². The highest BCUT2D eigenvalue weighted by atomic mass is 32.1. The molecule has 0 aliphatic heterocycles. The first-order valence-electron chi connectivity index (χ1n) is 8.57. The Balaban J connectivity index is 2.01. The number of halogens is 2. The smallest absolute Gasteiger partial charge is 0.394 e. The van der Waals surface area contributed by atoms with Gasteiger partial charge in [0.05, 0.1) is 27.0 Å². The lowest BCUT2D eigenvalue weighted by Gasteiger charge is -2.14. The van der Waals surface area contributed by atoms with Crippen molar-refractivity contribution in [1.82, 2.24) is 10.5 Å². The Morgan fingerprint density at radius 1 is 1.40 bits per heavy atom. The number of rotatable bonds is 7. The molecule has 0 spiro atoms. The van der Waals surface area contributed by atoms with Crippen LogP contribution in [0.25, 0.3) is 21.3 Å². The molecule has 1 aromatic heterocycles. The molecule has 0 aliphatic rings. The molecule has 0 atom stereocenters. The van der Waals surface area contributed by atoms with E-state index in [1.54, 1.807) is 23.7 Å². The topological polar surface area (TPSA) is 107 Å². The summed E-state index contributed by atoms with van der Waals surface area (Å²) in [5.74, 6) is -0.734. The van der Waals surface area contributed by atoms with Gasteiger partial charge in [0.25, 0.3) is 5.91 Å². The van der Waals surface area contributed by atoms with E-state index in [9.17, 15) is 18.8 Å². The van der Waals surface area contributed by atoms with Gasteiger partial charge in [-0.3, -0.25) is 10.0 Å². The van der Waals surface area contributed by atoms with Gasteiger partial charge in [-0.2, -0.15) is 14.0 Å². The molecule has 1 amide bonds. The fraction of sp³-hybridized carbons (Fsp3) is 0.150. The van der Waals surface area contributed by atoms with Crippen molar-refractivity contribution in [2.75, 3.05) is 11.9 Å². The summed E-state index contributed by atoms with van der Waals surface area (Å²) >= 11 is 1.28. The van der Waals surface area contributed by atoms with E-state index in [-0.39, 0.29) is 17.9 Å². The van der Waals surface area contributed by atoms with E-state index in [4.69, 9.17) is 5.21 Å². The Morgan fingerprint density at radius 3 is 2.70 bits per heavy atom. The van der Waals surface area contributed by atoms with Crippen LogP contribution in [0.1, 0.15) is 12.5 Å². The first-order valence-corrected chi connectivity index (χ1v) is 9.45. The highest BCUT2D eigenvalue weighted by Crippen LogP contribution is 2.37. The van der Waals surface area contributed by atoms with Gasteiger partial charge in [-0.25, -0.2) is 10.5 Å². The standard InChI is InChI=1S/C20H16F2N4O3S/c1-11(19(27)26-28)9-24-16-7-14(17-18(15(16)8-23)30-10-25-17)12-3-5-13(6-4-12)29-20(2,21)22/h3-7,10,24,28H,1,9H2,2H3,(H,26,27). The molecule has 10 heteroatoms. The minimum absolute atomic E-state index is 0.0107. The van der Waals surface area contributed by atoms with Gasteiger partial charge in [-0.15, -0.1) is 11.3 Å². The lowest BCUT2D eigenvalue weighted by atomic mass is 10.0. The third-order valence-corrected chi connectivity index (χ3v) is 4.94. The van der Waals surface area contributed by atoms with Crippen LogP contribution in [-0.4, -0.2) is 28.8 Å². The highest BCUT2D eigenvalue weighted by Gasteiger charge is 2.23. The molecule has 0 radical (unpaired) electrons. The average molecular weight is 430 g/mol. The van der Waals surface area contributed by atoms with Crippen LogP contribution in [0.5, 0.6) is 5.75 Å². The zero-order valence-electron chi connectivity index (χ0n) is 15.7. The number of carbonyl (C=O) groups excluding carboxylic acids is 1. The van der Waals surface area contributed by atoms with Gasteiger partial charge >= 0.3 is 6.11 Å². The van der Waals surface area contributed by atoms with E-state index < -0.39 is 12.0 Å². The molecular formula is C20H16F2N4O3S. The first kappa shape index (κ1) is 21.2. The van der Waals surface area contributed by atoms with Gasteiger partial charge in [-0.05, 0) is 23.8 Å². The Hall–Kier alpha value is -3.55. The Morgan fingerprint density at radius 2 is 2.10 bits per heavy atom. The number of hydrogen-bond acceptors (Lipinski definition) is 7. The van der Waals surface area contributed by atoms with Gasteiger partial charge in [-0.1, -0.05) is 18.7 Å². The van der Waals surface area contributed by atoms with Gasteiger partial charge in [0.1, 0.15) is 11.8 Å². The average Bonchev–Trinajstić information content (AvgIpc) is 3.19. The van der Waals surface area contributed by atoms with Crippen molar-refractivity contribution >= 4 is 33.1 Å². The predicted molar refractivity (Wildman–Crippen MR) is 109 cm³/mol. The molecule has 3 aromatic rings. The van der Waals surface area contributed by atoms with Gasteiger partial charge < -0.3 is 10.1 Å². The van der Waals surface area contributed by atoms with E-state index in [0.29, 0.717) is 39.5 Å². The van der Waals surface area contributed by atoms with Crippen molar-refractivity contribution in [3.63, 3.8) is 0 Å². The number of ether oxygens (including phenoxy) is 1. The number of fused-ring (bicyclic) bond motifs is 1. The summed E-state index contributed by atoms with van der Waals surface area (Å²) < 4.78 is 31.3. The van der Waals surface area contributed by atoms with Crippen LogP contribution in [0.2, 0.25) is 0 Å². The van der Waals surface area contributed by atoms with Crippen LogP contribution in [0.15, 0.2) is 48.0 Å². The third kappa shape index (κ3) is 4.53. The largest absolute Gasteiger partial charge is 0.433 e. The molecular weight excluding hydrogens is 414 g/mol. The zero-order chi connectivity index (χ0) is 21.9. The van der Waals surface area contributed by atoms with Crippen LogP contribution >= 0.6 is 11.3 Å². The fourth-order valence-electron chi connectivity index (χ4n) is 2.76. The molecule has 154 valence electrons. The van der Waals surface area contributed by atoms with E-state index in [1.807, 2.05) is 0 Å². The lowest BCUT2D eigenvalue weighted by Crippen LogP contribution is -2.24. The molecule has 0 saturated heterocycles. The number of benzene rings is 2. The minimum Gasteiger partial charge on any atom is -0.433 e. The summed E-state index contributed by atoms with van der Waals surface area (Å²) in [7, 11) is 0. The lowest BCUT2D eigenvalue weighted by molar-refractivity contribution is -0.158. The molecule has 1 heterocycles. The van der Waals surface area contributed by atoms with Crippen LogP contribution in [0.3, 0.4) is 0 Å². The molecule has 2 aromatic carbocycles. The van der Waals surface area contributed by atoms with Crippen LogP contribution in [0, 0.1) is 11.3 Å². The quantitative estimate of drug-likeness (QED) is 0.293. The van der Waals surface area contributed by atoms with E-state index >= 15 is 0 Å². The second-order valence-electron chi connectivity index (χ2n) is 6.32. The van der Waals surface area contributed by atoms with Crippen molar-refractivity contribution in [3.05, 3.63) is 53.6 Å². The Kier molecular flexibility index (Phi) is 5.96. The van der Waals surface area contributed by atoms with Gasteiger partial charge in [0.2, 0.25) is 0 Å². The number of nitriles is 1. The number of alkyl halides is 2. The summed E-state index contributed by atoms with van der Waals surface area (Å²) in [5, 5.41) is 21.3. The van der Waals surface area contributed by atoms with E-state index in [2.05, 4.69) is 27.7 Å². The first-order chi connectivity index (χ1) is 14.2. The van der Waals surface area contributed by atoms with Crippen molar-refractivity contribution in [2.24, 2.45) is 0 Å². The van der Waals surface area contributed by atoms with Crippen LogP contribution in [0.4, 0.5) is 14.5 Å². The van der Waals surface area contributed by atoms with Crippen molar-refractivity contribution in [1.29, 1.82) is 5.26 Å². The maximum Gasteiger partial charge on any atom is 0.394 e. The molecule has 3 rings (SSSR count). The number of aromatic nitrogens is 1. The maximum atomic E-state index is 13.0. The molecule has 30 heavy (non-hydrogen) atoms. The summed E-state index contributed by atoms with van der Waals surface area (Å²) in [5.41, 5.74) is 5.88. The number of thiazole rings is 1. The summed E-state index contributed by atoms with van der Waals surface area (Å²) in [6.07, 6.45) is -3.29. The Bertz CT molecular complexity index is 1150. The van der Waals surface area contributed by atoms with E-state index in [1.165, 1.54) is 28.9 Å². The van der Waals surface area contributed by atoms with Gasteiger partial charge in [0, 0.05) is 24.6 Å². The third-order valence-electron chi connectivity index (χ3n) is 4.10. The van der Waals surface area contributed by atoms with Crippen molar-refractivity contribution < 1.29 is 23.5 Å². The normalized spacial score (nSPS) is 11.0. The summed E-state index contributed by atoms with van der Waals surface area (Å²) in [4.78, 5) is 15.8. The fourth-order valence-corrected chi connectivity index (χ4v) is 3.58. The second kappa shape index (κ2) is 8.44. The van der Waals surface area contributed by atoms with Crippen LogP contribution < -0.4 is 15.5 Å². The van der Waals surface area contributed by atoms with Crippen molar-refractivity contribution in [2.45, 2.75) is 13.0 Å². The highest BCUT2D eigenvalue weighted by molar-refractivity contribution is 7.17. The number of nitrogens with zero attached hydrogens (tertiary/aromatic N) is 2. The molecule has 7 nitrogen and oxygen atoms in total. The number of nitrogens with one attached hydrogen (secondary N) is 2. The molecule has 0 aliphatic carbocycles. The molecule has 3 N–H and O–H groups in total. The number of anilines is 1. The SMILES string of the molecule is C=C(CNc1cc(-c2ccc(OC(C)(F)F)cc2)c2ncsc2c1C#N)C(=O)NO. The predicted octanol–water partition coefficient (Wildman–Crippen LogP) is 4.30. The Labute approximate surface area is 174 Å². The molecule has 0 fully saturated rings. The monoisotopic (exact) mass is 430 g/mol. The molecule has 0 bridgehead atoms. The summed E-state index contributed by atoms with van der Waals surface area (Å²) in [6.45, 7) is 4.21. The van der Waals surface area contributed by atoms with Crippen molar-refractivity contribution in [3.8, 4) is 22.9 Å². The maximum absolute atomic E-state index is 13.0. The minimum atomic E-state index is -3.29. The summed E-state index contributed by atoms with van der Waals surface area (Å²) in [6, 6.07) is 9.89. The number of hydroxylamine groups is 1. The number of hydrogen-bond donors (Lipinski definition) is 3.